The van der Waals surface area contributed by atoms with Gasteiger partial charge in [0.1, 0.15) is 0 Å². The van der Waals surface area contributed by atoms with E-state index in [4.69, 9.17) is 0 Å². The topological polar surface area (TPSA) is 12.0 Å². The number of allylic oxidation sites excluding steroid dienone is 1. The van der Waals surface area contributed by atoms with Crippen molar-refractivity contribution in [1.29, 1.82) is 0 Å². The molecule has 0 aliphatic carbocycles. The van der Waals surface area contributed by atoms with Crippen LogP contribution in [0.25, 0.3) is 0 Å². The molecule has 0 spiro atoms. The van der Waals surface area contributed by atoms with Crippen LogP contribution in [-0.2, 0) is 0 Å². The number of nitrogens with one attached hydrogen (secondary N) is 1. The molecular formula is C11H22ClN. The molecule has 78 valence electrons. The van der Waals surface area contributed by atoms with Gasteiger partial charge in [-0.05, 0) is 26.2 Å². The Labute approximate surface area is 88.4 Å². The number of piperidine rings is 1. The third-order valence-electron chi connectivity index (χ3n) is 2.47. The molecule has 1 aliphatic rings. The smallest absolute Gasteiger partial charge is 0.0252 e. The van der Waals surface area contributed by atoms with E-state index < -0.39 is 0 Å². The van der Waals surface area contributed by atoms with Crippen LogP contribution in [0, 0.1) is 0 Å². The van der Waals surface area contributed by atoms with Crippen molar-refractivity contribution in [3.05, 3.63) is 12.2 Å². The van der Waals surface area contributed by atoms with E-state index >= 15 is 0 Å². The highest BCUT2D eigenvalue weighted by molar-refractivity contribution is 5.85. The lowest BCUT2D eigenvalue weighted by Gasteiger charge is -2.26. The molecule has 2 atom stereocenters. The Morgan fingerprint density at radius 1 is 1.38 bits per heavy atom. The lowest BCUT2D eigenvalue weighted by atomic mass is 9.99. The molecule has 1 fully saturated rings. The molecule has 0 aromatic carbocycles. The summed E-state index contributed by atoms with van der Waals surface area (Å²) >= 11 is 0. The normalized spacial score (nSPS) is 28.8. The van der Waals surface area contributed by atoms with Crippen molar-refractivity contribution >= 4 is 12.4 Å². The minimum atomic E-state index is 0. The van der Waals surface area contributed by atoms with Crippen LogP contribution in [0.5, 0.6) is 0 Å². The molecule has 1 rings (SSSR count). The molecule has 1 aliphatic heterocycles. The Kier molecular flexibility index (Phi) is 7.39. The van der Waals surface area contributed by atoms with E-state index in [0.717, 1.165) is 6.04 Å². The molecule has 1 N–H and O–H groups in total. The second kappa shape index (κ2) is 7.40. The second-order valence-electron chi connectivity index (χ2n) is 3.82. The maximum atomic E-state index is 3.59. The molecule has 0 unspecified atom stereocenters. The van der Waals surface area contributed by atoms with Crippen LogP contribution in [0.3, 0.4) is 0 Å². The van der Waals surface area contributed by atoms with Crippen molar-refractivity contribution in [2.45, 2.75) is 58.0 Å². The van der Waals surface area contributed by atoms with Crippen molar-refractivity contribution in [2.75, 3.05) is 0 Å². The summed E-state index contributed by atoms with van der Waals surface area (Å²) in [7, 11) is 0. The first-order chi connectivity index (χ1) is 5.83. The molecule has 0 aromatic rings. The highest BCUT2D eigenvalue weighted by atomic mass is 35.5. The van der Waals surface area contributed by atoms with Gasteiger partial charge in [0.25, 0.3) is 0 Å². The second-order valence-corrected chi connectivity index (χ2v) is 3.82. The Morgan fingerprint density at radius 2 is 2.15 bits per heavy atom. The van der Waals surface area contributed by atoms with E-state index in [-0.39, 0.29) is 12.4 Å². The standard InChI is InChI=1S/C11H21N.ClH/c1-3-4-5-8-11-9-6-7-10(2)12-11;/h5,8,10-12H,3-4,6-7,9H2,1-2H3;1H/t10-,11-;/m0./s1. The Bertz CT molecular complexity index is 145. The van der Waals surface area contributed by atoms with Crippen LogP contribution >= 0.6 is 12.4 Å². The van der Waals surface area contributed by atoms with Crippen molar-refractivity contribution in [3.8, 4) is 0 Å². The van der Waals surface area contributed by atoms with Gasteiger partial charge >= 0.3 is 0 Å². The fourth-order valence-electron chi connectivity index (χ4n) is 1.76. The van der Waals surface area contributed by atoms with Gasteiger partial charge in [-0.2, -0.15) is 0 Å². The zero-order valence-electron chi connectivity index (χ0n) is 8.75. The number of rotatable bonds is 3. The van der Waals surface area contributed by atoms with Gasteiger partial charge in [0.2, 0.25) is 0 Å². The molecular weight excluding hydrogens is 182 g/mol. The molecule has 1 heterocycles. The van der Waals surface area contributed by atoms with Crippen LogP contribution in [-0.4, -0.2) is 12.1 Å². The summed E-state index contributed by atoms with van der Waals surface area (Å²) < 4.78 is 0. The third kappa shape index (κ3) is 5.33. The van der Waals surface area contributed by atoms with Crippen LogP contribution in [0.4, 0.5) is 0 Å². The van der Waals surface area contributed by atoms with Crippen LogP contribution in [0.2, 0.25) is 0 Å². The van der Waals surface area contributed by atoms with Crippen molar-refractivity contribution in [3.63, 3.8) is 0 Å². The minimum absolute atomic E-state index is 0. The molecule has 13 heavy (non-hydrogen) atoms. The van der Waals surface area contributed by atoms with Crippen LogP contribution in [0.1, 0.15) is 46.0 Å². The Hall–Kier alpha value is -0.0100. The molecule has 0 aromatic heterocycles. The van der Waals surface area contributed by atoms with E-state index in [0.29, 0.717) is 6.04 Å². The largest absolute Gasteiger partial charge is 0.308 e. The first kappa shape index (κ1) is 13.0. The monoisotopic (exact) mass is 203 g/mol. The van der Waals surface area contributed by atoms with Crippen molar-refractivity contribution < 1.29 is 0 Å². The SMILES string of the molecule is CCCC=C[C@H]1CCC[C@H](C)N1.Cl. The van der Waals surface area contributed by atoms with Gasteiger partial charge in [0.05, 0.1) is 0 Å². The van der Waals surface area contributed by atoms with E-state index in [1.165, 1.54) is 32.1 Å². The van der Waals surface area contributed by atoms with E-state index in [9.17, 15) is 0 Å². The van der Waals surface area contributed by atoms with Crippen molar-refractivity contribution in [2.24, 2.45) is 0 Å². The van der Waals surface area contributed by atoms with Gasteiger partial charge in [-0.3, -0.25) is 0 Å². The third-order valence-corrected chi connectivity index (χ3v) is 2.47. The van der Waals surface area contributed by atoms with Gasteiger partial charge < -0.3 is 5.32 Å². The maximum absolute atomic E-state index is 3.59. The predicted octanol–water partition coefficient (Wildman–Crippen LogP) is 3.30. The van der Waals surface area contributed by atoms with Crippen LogP contribution < -0.4 is 5.32 Å². The Morgan fingerprint density at radius 3 is 2.77 bits per heavy atom. The first-order valence-corrected chi connectivity index (χ1v) is 5.25. The van der Waals surface area contributed by atoms with E-state index in [1.54, 1.807) is 0 Å². The summed E-state index contributed by atoms with van der Waals surface area (Å²) in [5.74, 6) is 0. The highest BCUT2D eigenvalue weighted by Gasteiger charge is 2.14. The fraction of sp³-hybridized carbons (Fsp3) is 0.818. The average molecular weight is 204 g/mol. The van der Waals surface area contributed by atoms with E-state index in [1.807, 2.05) is 0 Å². The minimum Gasteiger partial charge on any atom is -0.308 e. The van der Waals surface area contributed by atoms with E-state index in [2.05, 4.69) is 31.3 Å². The zero-order chi connectivity index (χ0) is 8.81. The van der Waals surface area contributed by atoms with Gasteiger partial charge in [0, 0.05) is 12.1 Å². The quantitative estimate of drug-likeness (QED) is 0.695. The Balaban J connectivity index is 0.00000144. The van der Waals surface area contributed by atoms with Crippen molar-refractivity contribution in [1.82, 2.24) is 5.32 Å². The van der Waals surface area contributed by atoms with Gasteiger partial charge in [-0.25, -0.2) is 0 Å². The summed E-state index contributed by atoms with van der Waals surface area (Å²) in [4.78, 5) is 0. The molecule has 0 bridgehead atoms. The lowest BCUT2D eigenvalue weighted by Crippen LogP contribution is -2.39. The van der Waals surface area contributed by atoms with Gasteiger partial charge in [-0.1, -0.05) is 31.9 Å². The summed E-state index contributed by atoms with van der Waals surface area (Å²) in [6.07, 6.45) is 11.2. The first-order valence-electron chi connectivity index (χ1n) is 5.25. The summed E-state index contributed by atoms with van der Waals surface area (Å²) in [5, 5.41) is 3.59. The zero-order valence-corrected chi connectivity index (χ0v) is 9.57. The summed E-state index contributed by atoms with van der Waals surface area (Å²) in [6.45, 7) is 4.50. The highest BCUT2D eigenvalue weighted by Crippen LogP contribution is 2.13. The average Bonchev–Trinajstić information content (AvgIpc) is 2.05. The molecule has 1 saturated heterocycles. The molecule has 0 radical (unpaired) electrons. The fourth-order valence-corrected chi connectivity index (χ4v) is 1.76. The summed E-state index contributed by atoms with van der Waals surface area (Å²) in [5.41, 5.74) is 0. The molecule has 1 nitrogen and oxygen atoms in total. The lowest BCUT2D eigenvalue weighted by molar-refractivity contribution is 0.374. The van der Waals surface area contributed by atoms with Crippen LogP contribution in [0.15, 0.2) is 12.2 Å². The number of unbranched alkanes of at least 4 members (excludes halogenated alkanes) is 1. The summed E-state index contributed by atoms with van der Waals surface area (Å²) in [6, 6.07) is 1.37. The van der Waals surface area contributed by atoms with Gasteiger partial charge in [0.15, 0.2) is 0 Å². The number of halogens is 1. The van der Waals surface area contributed by atoms with Gasteiger partial charge in [-0.15, -0.1) is 12.4 Å². The number of hydrogen-bond donors (Lipinski definition) is 1. The maximum Gasteiger partial charge on any atom is 0.0252 e. The number of hydrogen-bond acceptors (Lipinski definition) is 1. The molecule has 2 heteroatoms. The molecule has 0 amide bonds. The predicted molar refractivity (Wildman–Crippen MR) is 61.5 cm³/mol. The molecule has 0 saturated carbocycles.